The molecule has 0 saturated heterocycles. The second-order valence-corrected chi connectivity index (χ2v) is 5.85. The smallest absolute Gasteiger partial charge is 0.126 e. The summed E-state index contributed by atoms with van der Waals surface area (Å²) in [5, 5.41) is 13.4. The number of aryl methyl sites for hydroxylation is 1. The molecule has 0 aromatic heterocycles. The lowest BCUT2D eigenvalue weighted by molar-refractivity contribution is 0.0317. The molecule has 0 spiro atoms. The third-order valence-electron chi connectivity index (χ3n) is 3.14. The number of likely N-dealkylation sites (N-methyl/N-ethyl adjacent to an activating group) is 1. The van der Waals surface area contributed by atoms with E-state index in [0.717, 1.165) is 5.56 Å². The molecule has 0 fully saturated rings. The molecule has 1 aromatic rings. The Kier molecular flexibility index (Phi) is 5.47. The Labute approximate surface area is 115 Å². The van der Waals surface area contributed by atoms with E-state index in [1.807, 2.05) is 32.0 Å². The quantitative estimate of drug-likeness (QED) is 0.829. The van der Waals surface area contributed by atoms with E-state index >= 15 is 0 Å². The first kappa shape index (κ1) is 16.1. The van der Waals surface area contributed by atoms with Crippen LogP contribution in [0.1, 0.15) is 31.0 Å². The van der Waals surface area contributed by atoms with Gasteiger partial charge in [-0.3, -0.25) is 0 Å². The van der Waals surface area contributed by atoms with Gasteiger partial charge in [-0.1, -0.05) is 12.1 Å². The molecule has 3 nitrogen and oxygen atoms in total. The summed E-state index contributed by atoms with van der Waals surface area (Å²) in [7, 11) is 3.85. The highest BCUT2D eigenvalue weighted by atomic mass is 19.1. The number of hydrogen-bond acceptors (Lipinski definition) is 3. The maximum absolute atomic E-state index is 13.5. The summed E-state index contributed by atoms with van der Waals surface area (Å²) in [5.74, 6) is -0.189. The van der Waals surface area contributed by atoms with Crippen molar-refractivity contribution in [3.8, 4) is 0 Å². The molecular weight excluding hydrogens is 243 g/mol. The van der Waals surface area contributed by atoms with Crippen molar-refractivity contribution in [1.29, 1.82) is 0 Å². The largest absolute Gasteiger partial charge is 0.388 e. The predicted molar refractivity (Wildman–Crippen MR) is 76.7 cm³/mol. The minimum Gasteiger partial charge on any atom is -0.388 e. The highest BCUT2D eigenvalue weighted by molar-refractivity contribution is 5.25. The Bertz CT molecular complexity index is 419. The van der Waals surface area contributed by atoms with E-state index in [0.29, 0.717) is 18.7 Å². The molecule has 0 heterocycles. The first-order valence-corrected chi connectivity index (χ1v) is 6.58. The van der Waals surface area contributed by atoms with Crippen LogP contribution in [0.5, 0.6) is 0 Å². The molecule has 1 rings (SSSR count). The van der Waals surface area contributed by atoms with Gasteiger partial charge < -0.3 is 15.3 Å². The molecule has 0 aliphatic heterocycles. The van der Waals surface area contributed by atoms with Crippen LogP contribution in [0.3, 0.4) is 0 Å². The summed E-state index contributed by atoms with van der Waals surface area (Å²) in [6, 6.07) is 5.24. The van der Waals surface area contributed by atoms with E-state index in [1.54, 1.807) is 26.0 Å². The van der Waals surface area contributed by atoms with E-state index < -0.39 is 5.60 Å². The highest BCUT2D eigenvalue weighted by Gasteiger charge is 2.22. The molecule has 0 bridgehead atoms. The van der Waals surface area contributed by atoms with Gasteiger partial charge in [0.1, 0.15) is 5.82 Å². The minimum atomic E-state index is -0.805. The Morgan fingerprint density at radius 2 is 2.05 bits per heavy atom. The van der Waals surface area contributed by atoms with E-state index in [4.69, 9.17) is 0 Å². The van der Waals surface area contributed by atoms with Crippen LogP contribution in [-0.4, -0.2) is 42.8 Å². The van der Waals surface area contributed by atoms with Gasteiger partial charge in [-0.2, -0.15) is 0 Å². The first-order valence-electron chi connectivity index (χ1n) is 6.58. The minimum absolute atomic E-state index is 0.00346. The summed E-state index contributed by atoms with van der Waals surface area (Å²) >= 11 is 0. The number of rotatable bonds is 6. The molecule has 0 amide bonds. The van der Waals surface area contributed by atoms with Gasteiger partial charge in [0.25, 0.3) is 0 Å². The van der Waals surface area contributed by atoms with Crippen molar-refractivity contribution in [2.24, 2.45) is 0 Å². The van der Waals surface area contributed by atoms with Crippen molar-refractivity contribution in [3.05, 3.63) is 35.1 Å². The van der Waals surface area contributed by atoms with Gasteiger partial charge >= 0.3 is 0 Å². The average molecular weight is 268 g/mol. The molecule has 108 valence electrons. The second-order valence-electron chi connectivity index (χ2n) is 5.85. The zero-order valence-corrected chi connectivity index (χ0v) is 12.5. The maximum atomic E-state index is 13.5. The number of benzene rings is 1. The third-order valence-corrected chi connectivity index (χ3v) is 3.14. The summed E-state index contributed by atoms with van der Waals surface area (Å²) in [5.41, 5.74) is 0.736. The van der Waals surface area contributed by atoms with Crippen LogP contribution < -0.4 is 5.32 Å². The molecule has 4 heteroatoms. The van der Waals surface area contributed by atoms with Crippen LogP contribution in [0, 0.1) is 12.7 Å². The van der Waals surface area contributed by atoms with Gasteiger partial charge in [0, 0.05) is 19.1 Å². The first-order chi connectivity index (χ1) is 8.71. The van der Waals surface area contributed by atoms with Gasteiger partial charge in [0.2, 0.25) is 0 Å². The molecule has 0 aliphatic rings. The van der Waals surface area contributed by atoms with Crippen LogP contribution in [0.2, 0.25) is 0 Å². The lowest BCUT2D eigenvalue weighted by atomic mass is 10.0. The van der Waals surface area contributed by atoms with Crippen molar-refractivity contribution >= 4 is 0 Å². The van der Waals surface area contributed by atoms with Gasteiger partial charge in [-0.05, 0) is 52.1 Å². The van der Waals surface area contributed by atoms with Gasteiger partial charge in [-0.25, -0.2) is 4.39 Å². The SMILES string of the molecule is Cc1ccc(C(C)NCC(C)(O)CN(C)C)cc1F. The Morgan fingerprint density at radius 1 is 1.42 bits per heavy atom. The number of nitrogens with zero attached hydrogens (tertiary/aromatic N) is 1. The maximum Gasteiger partial charge on any atom is 0.126 e. The summed E-state index contributed by atoms with van der Waals surface area (Å²) < 4.78 is 13.5. The fraction of sp³-hybridized carbons (Fsp3) is 0.600. The van der Waals surface area contributed by atoms with Crippen LogP contribution >= 0.6 is 0 Å². The molecule has 0 aliphatic carbocycles. The standard InChI is InChI=1S/C15H25FN2O/c1-11-6-7-13(8-14(11)16)12(2)17-9-15(3,19)10-18(4)5/h6-8,12,17,19H,9-10H2,1-5H3. The van der Waals surface area contributed by atoms with Gasteiger partial charge in [-0.15, -0.1) is 0 Å². The molecule has 2 atom stereocenters. The molecule has 19 heavy (non-hydrogen) atoms. The third kappa shape index (κ3) is 5.27. The molecule has 0 radical (unpaired) electrons. The van der Waals surface area contributed by atoms with Crippen LogP contribution in [-0.2, 0) is 0 Å². The molecule has 1 aromatic carbocycles. The van der Waals surface area contributed by atoms with Crippen LogP contribution in [0.4, 0.5) is 4.39 Å². The zero-order valence-electron chi connectivity index (χ0n) is 12.5. The number of hydrogen-bond donors (Lipinski definition) is 2. The topological polar surface area (TPSA) is 35.5 Å². The number of halogens is 1. The van der Waals surface area contributed by atoms with E-state index in [-0.39, 0.29) is 11.9 Å². The Hall–Kier alpha value is -0.970. The van der Waals surface area contributed by atoms with Crippen LogP contribution in [0.25, 0.3) is 0 Å². The Morgan fingerprint density at radius 3 is 2.58 bits per heavy atom. The van der Waals surface area contributed by atoms with Crippen molar-refractivity contribution in [2.45, 2.75) is 32.4 Å². The van der Waals surface area contributed by atoms with Crippen molar-refractivity contribution in [1.82, 2.24) is 10.2 Å². The molecular formula is C15H25FN2O. The zero-order chi connectivity index (χ0) is 14.6. The summed E-state index contributed by atoms with van der Waals surface area (Å²) in [6.45, 7) is 6.55. The average Bonchev–Trinajstić information content (AvgIpc) is 2.28. The van der Waals surface area contributed by atoms with E-state index in [1.165, 1.54) is 0 Å². The lowest BCUT2D eigenvalue weighted by Gasteiger charge is -2.29. The monoisotopic (exact) mass is 268 g/mol. The number of aliphatic hydroxyl groups is 1. The molecule has 0 saturated carbocycles. The fourth-order valence-corrected chi connectivity index (χ4v) is 2.11. The van der Waals surface area contributed by atoms with E-state index in [2.05, 4.69) is 5.32 Å². The fourth-order valence-electron chi connectivity index (χ4n) is 2.11. The van der Waals surface area contributed by atoms with Gasteiger partial charge in [0.15, 0.2) is 0 Å². The summed E-state index contributed by atoms with van der Waals surface area (Å²) in [6.07, 6.45) is 0. The van der Waals surface area contributed by atoms with E-state index in [9.17, 15) is 9.50 Å². The van der Waals surface area contributed by atoms with Crippen molar-refractivity contribution < 1.29 is 9.50 Å². The molecule has 2 N–H and O–H groups in total. The second kappa shape index (κ2) is 6.46. The van der Waals surface area contributed by atoms with Crippen molar-refractivity contribution in [2.75, 3.05) is 27.2 Å². The Balaban J connectivity index is 2.59. The highest BCUT2D eigenvalue weighted by Crippen LogP contribution is 2.17. The molecule has 2 unspecified atom stereocenters. The van der Waals surface area contributed by atoms with Crippen LogP contribution in [0.15, 0.2) is 18.2 Å². The lowest BCUT2D eigenvalue weighted by Crippen LogP contribution is -2.46. The predicted octanol–water partition coefficient (Wildman–Crippen LogP) is 2.10. The summed E-state index contributed by atoms with van der Waals surface area (Å²) in [4.78, 5) is 1.94. The van der Waals surface area contributed by atoms with Crippen molar-refractivity contribution in [3.63, 3.8) is 0 Å². The number of nitrogens with one attached hydrogen (secondary N) is 1. The normalized spacial score (nSPS) is 16.4. The van der Waals surface area contributed by atoms with Gasteiger partial charge in [0.05, 0.1) is 5.60 Å².